The van der Waals surface area contributed by atoms with Crippen LogP contribution in [0.1, 0.15) is 137 Å². The van der Waals surface area contributed by atoms with Crippen molar-refractivity contribution >= 4 is 5.97 Å². The van der Waals surface area contributed by atoms with Gasteiger partial charge in [0, 0.05) is 12.3 Å². The van der Waals surface area contributed by atoms with Gasteiger partial charge in [0.2, 0.25) is 0 Å². The second-order valence-corrected chi connectivity index (χ2v) is 13.6. The molecule has 0 heterocycles. The van der Waals surface area contributed by atoms with Crippen LogP contribution in [0.5, 0.6) is 0 Å². The zero-order chi connectivity index (χ0) is 27.7. The molecule has 0 aromatic carbocycles. The Morgan fingerprint density at radius 2 is 1.87 bits per heavy atom. The van der Waals surface area contributed by atoms with Crippen molar-refractivity contribution in [2.45, 2.75) is 150 Å². The maximum absolute atomic E-state index is 13.0. The van der Waals surface area contributed by atoms with Crippen LogP contribution in [0.2, 0.25) is 0 Å². The van der Waals surface area contributed by atoms with Gasteiger partial charge in [0.05, 0.1) is 6.10 Å². The van der Waals surface area contributed by atoms with Gasteiger partial charge in [0.1, 0.15) is 6.10 Å². The summed E-state index contributed by atoms with van der Waals surface area (Å²) in [6, 6.07) is 0. The number of esters is 1. The molecule has 1 N–H and O–H groups in total. The van der Waals surface area contributed by atoms with Crippen LogP contribution < -0.4 is 0 Å². The number of hydrogen-bond acceptors (Lipinski definition) is 3. The third-order valence-corrected chi connectivity index (χ3v) is 10.1. The Bertz CT molecular complexity index is 836. The second kappa shape index (κ2) is 14.9. The third-order valence-electron chi connectivity index (χ3n) is 10.1. The molecule has 3 rings (SSSR count). The first kappa shape index (κ1) is 31.2. The van der Waals surface area contributed by atoms with Gasteiger partial charge in [0.25, 0.3) is 0 Å². The molecule has 3 saturated carbocycles. The normalized spacial score (nSPS) is 32.7. The predicted octanol–water partition coefficient (Wildman–Crippen LogP) is 9.50. The fourth-order valence-corrected chi connectivity index (χ4v) is 7.93. The lowest BCUT2D eigenvalue weighted by molar-refractivity contribution is -0.153. The van der Waals surface area contributed by atoms with Crippen molar-refractivity contribution < 1.29 is 14.6 Å². The molecule has 38 heavy (non-hydrogen) atoms. The van der Waals surface area contributed by atoms with Gasteiger partial charge in [-0.2, -0.15) is 0 Å². The van der Waals surface area contributed by atoms with Gasteiger partial charge in [-0.25, -0.2) is 0 Å². The zero-order valence-corrected chi connectivity index (χ0v) is 25.4. The first-order valence-corrected chi connectivity index (χ1v) is 16.1. The fourth-order valence-electron chi connectivity index (χ4n) is 7.93. The van der Waals surface area contributed by atoms with Crippen LogP contribution in [-0.4, -0.2) is 23.3 Å². The van der Waals surface area contributed by atoms with E-state index >= 15 is 0 Å². The highest BCUT2D eigenvalue weighted by Gasteiger charge is 2.56. The molecule has 0 spiro atoms. The summed E-state index contributed by atoms with van der Waals surface area (Å²) in [4.78, 5) is 13.0. The van der Waals surface area contributed by atoms with Crippen molar-refractivity contribution in [2.24, 2.45) is 29.1 Å². The Balaban J connectivity index is 1.78. The quantitative estimate of drug-likeness (QED) is 0.192. The highest BCUT2D eigenvalue weighted by molar-refractivity contribution is 5.69. The van der Waals surface area contributed by atoms with Crippen LogP contribution in [0, 0.1) is 29.1 Å². The minimum absolute atomic E-state index is 0.0215. The average molecular weight is 527 g/mol. The molecule has 0 aromatic heterocycles. The van der Waals surface area contributed by atoms with Crippen LogP contribution in [0.25, 0.3) is 0 Å². The monoisotopic (exact) mass is 526 g/mol. The summed E-state index contributed by atoms with van der Waals surface area (Å²) >= 11 is 0. The van der Waals surface area contributed by atoms with E-state index in [1.807, 2.05) is 0 Å². The van der Waals surface area contributed by atoms with E-state index in [0.29, 0.717) is 24.2 Å². The Kier molecular flexibility index (Phi) is 12.2. The van der Waals surface area contributed by atoms with Crippen molar-refractivity contribution in [3.05, 3.63) is 35.5 Å². The maximum Gasteiger partial charge on any atom is 0.306 e. The Morgan fingerprint density at radius 3 is 2.61 bits per heavy atom. The topological polar surface area (TPSA) is 46.5 Å². The van der Waals surface area contributed by atoms with Gasteiger partial charge in [-0.15, -0.1) is 0 Å². The van der Waals surface area contributed by atoms with E-state index in [1.165, 1.54) is 68.1 Å². The summed E-state index contributed by atoms with van der Waals surface area (Å²) in [5, 5.41) is 10.2. The highest BCUT2D eigenvalue weighted by Crippen LogP contribution is 2.60. The van der Waals surface area contributed by atoms with Crippen molar-refractivity contribution in [3.8, 4) is 0 Å². The van der Waals surface area contributed by atoms with E-state index in [-0.39, 0.29) is 23.6 Å². The zero-order valence-electron chi connectivity index (χ0n) is 25.4. The van der Waals surface area contributed by atoms with E-state index in [4.69, 9.17) is 4.74 Å². The lowest BCUT2D eigenvalue weighted by Crippen LogP contribution is -2.39. The summed E-state index contributed by atoms with van der Waals surface area (Å²) in [7, 11) is 0. The summed E-state index contributed by atoms with van der Waals surface area (Å²) in [6.45, 7) is 16.1. The lowest BCUT2D eigenvalue weighted by Gasteiger charge is -2.44. The molecule has 0 amide bonds. The summed E-state index contributed by atoms with van der Waals surface area (Å²) < 4.78 is 6.38. The number of carbonyl (C=O) groups excluding carboxylic acids is 1. The number of carbonyl (C=O) groups is 1. The number of allylic oxidation sites excluding steroid dienone is 4. The lowest BCUT2D eigenvalue weighted by atomic mass is 9.60. The van der Waals surface area contributed by atoms with E-state index in [1.54, 1.807) is 0 Å². The van der Waals surface area contributed by atoms with Gasteiger partial charge in [-0.3, -0.25) is 4.79 Å². The van der Waals surface area contributed by atoms with Crippen molar-refractivity contribution in [3.63, 3.8) is 0 Å². The molecular formula is C35H58O3. The van der Waals surface area contributed by atoms with Gasteiger partial charge in [-0.1, -0.05) is 109 Å². The van der Waals surface area contributed by atoms with E-state index in [9.17, 15) is 9.90 Å². The fraction of sp³-hybridized carbons (Fsp3) is 0.800. The SMILES string of the molecule is C=C1CC[C@H](O)C/C1=C\C=C1/CCC[C@@]2(C)[C@@H]([C@H](C)CCCC(C)C)C(OC(=O)CCCCCCC)C[C@@H]12. The molecule has 3 aliphatic rings. The van der Waals surface area contributed by atoms with Crippen LogP contribution in [0.15, 0.2) is 35.5 Å². The number of ether oxygens (including phenoxy) is 1. The van der Waals surface area contributed by atoms with Crippen LogP contribution in [0.3, 0.4) is 0 Å². The number of rotatable bonds is 13. The Morgan fingerprint density at radius 1 is 1.11 bits per heavy atom. The number of aliphatic hydroxyl groups is 1. The van der Waals surface area contributed by atoms with Crippen LogP contribution in [-0.2, 0) is 9.53 Å². The van der Waals surface area contributed by atoms with Crippen LogP contribution in [0.4, 0.5) is 0 Å². The molecule has 3 heteroatoms. The molecule has 0 radical (unpaired) electrons. The molecule has 1 unspecified atom stereocenters. The first-order valence-electron chi connectivity index (χ1n) is 16.1. The van der Waals surface area contributed by atoms with Gasteiger partial charge in [-0.05, 0) is 80.1 Å². The molecule has 0 saturated heterocycles. The molecule has 216 valence electrons. The van der Waals surface area contributed by atoms with Crippen molar-refractivity contribution in [1.29, 1.82) is 0 Å². The highest BCUT2D eigenvalue weighted by atomic mass is 16.5. The van der Waals surface area contributed by atoms with Gasteiger partial charge >= 0.3 is 5.97 Å². The minimum Gasteiger partial charge on any atom is -0.462 e. The molecule has 0 aliphatic heterocycles. The second-order valence-electron chi connectivity index (χ2n) is 13.6. The van der Waals surface area contributed by atoms with Gasteiger partial charge in [0.15, 0.2) is 0 Å². The number of aliphatic hydroxyl groups excluding tert-OH is 1. The summed E-state index contributed by atoms with van der Waals surface area (Å²) in [5.41, 5.74) is 4.09. The van der Waals surface area contributed by atoms with Crippen molar-refractivity contribution in [2.75, 3.05) is 0 Å². The molecule has 0 aromatic rings. The van der Waals surface area contributed by atoms with E-state index in [2.05, 4.69) is 53.3 Å². The maximum atomic E-state index is 13.0. The van der Waals surface area contributed by atoms with Crippen LogP contribution >= 0.6 is 0 Å². The first-order chi connectivity index (χ1) is 18.2. The molecule has 3 fully saturated rings. The molecular weight excluding hydrogens is 468 g/mol. The Labute approximate surface area is 234 Å². The summed E-state index contributed by atoms with van der Waals surface area (Å²) in [6.07, 6.45) is 21.5. The minimum atomic E-state index is -0.241. The molecule has 3 aliphatic carbocycles. The Hall–Kier alpha value is -1.35. The molecule has 0 bridgehead atoms. The van der Waals surface area contributed by atoms with E-state index in [0.717, 1.165) is 50.9 Å². The predicted molar refractivity (Wildman–Crippen MR) is 160 cm³/mol. The largest absolute Gasteiger partial charge is 0.462 e. The van der Waals surface area contributed by atoms with Crippen molar-refractivity contribution in [1.82, 2.24) is 0 Å². The number of hydrogen-bond donors (Lipinski definition) is 1. The smallest absolute Gasteiger partial charge is 0.306 e. The van der Waals surface area contributed by atoms with E-state index < -0.39 is 0 Å². The third kappa shape index (κ3) is 8.33. The average Bonchev–Trinajstić information content (AvgIpc) is 3.16. The number of fused-ring (bicyclic) bond motifs is 1. The molecule has 6 atom stereocenters. The summed E-state index contributed by atoms with van der Waals surface area (Å²) in [5.74, 6) is 2.20. The standard InChI is InChI=1S/C35H58O3/c1-7-8-9-10-11-17-33(37)38-32-24-31-28(19-20-29-23-30(36)21-18-26(29)4)16-13-22-35(31,6)34(32)27(5)15-12-14-25(2)3/h19-20,25,27,30-32,34,36H,4,7-18,21-24H2,1-3,5-6H3/b28-19+,29-20+/t27-,30+,31+,32?,34+,35-/m1/s1. The van der Waals surface area contributed by atoms with Gasteiger partial charge < -0.3 is 9.84 Å². The molecule has 3 nitrogen and oxygen atoms in total. The number of unbranched alkanes of at least 4 members (excludes halogenated alkanes) is 4.